The lowest BCUT2D eigenvalue weighted by molar-refractivity contribution is -0.136. The van der Waals surface area contributed by atoms with Crippen molar-refractivity contribution in [3.05, 3.63) is 51.7 Å². The van der Waals surface area contributed by atoms with Crippen LogP contribution in [0.3, 0.4) is 0 Å². The van der Waals surface area contributed by atoms with Crippen molar-refractivity contribution in [2.45, 2.75) is 45.8 Å². The summed E-state index contributed by atoms with van der Waals surface area (Å²) in [5.41, 5.74) is 2.34. The Morgan fingerprint density at radius 1 is 1.33 bits per heavy atom. The molecule has 1 aliphatic heterocycles. The van der Waals surface area contributed by atoms with Crippen molar-refractivity contribution < 1.29 is 19.4 Å². The summed E-state index contributed by atoms with van der Waals surface area (Å²) in [5.74, 6) is 1.44. The van der Waals surface area contributed by atoms with E-state index >= 15 is 0 Å². The molecule has 7 heteroatoms. The van der Waals surface area contributed by atoms with Gasteiger partial charge in [-0.2, -0.15) is 0 Å². The second-order valence-corrected chi connectivity index (χ2v) is 10.3. The van der Waals surface area contributed by atoms with E-state index in [1.165, 1.54) is 10.4 Å². The molecule has 0 radical (unpaired) electrons. The number of amides is 1. The maximum absolute atomic E-state index is 13.5. The average Bonchev–Trinajstić information content (AvgIpc) is 3.25. The lowest BCUT2D eigenvalue weighted by atomic mass is 10.00. The predicted octanol–water partition coefficient (Wildman–Crippen LogP) is 3.92. The molecule has 1 amide bonds. The Morgan fingerprint density at radius 2 is 2.15 bits per heavy atom. The Balaban J connectivity index is 1.72. The summed E-state index contributed by atoms with van der Waals surface area (Å²) in [5, 5.41) is 12.4. The van der Waals surface area contributed by atoms with Crippen molar-refractivity contribution in [1.82, 2.24) is 9.80 Å². The van der Waals surface area contributed by atoms with Crippen molar-refractivity contribution in [2.24, 2.45) is 5.92 Å². The molecule has 182 valence electrons. The maximum atomic E-state index is 13.5. The van der Waals surface area contributed by atoms with E-state index in [1.54, 1.807) is 18.4 Å². The van der Waals surface area contributed by atoms with Crippen LogP contribution < -0.4 is 4.74 Å². The van der Waals surface area contributed by atoms with Crippen LogP contribution in [-0.4, -0.2) is 73.4 Å². The van der Waals surface area contributed by atoms with Crippen LogP contribution in [0, 0.1) is 12.8 Å². The van der Waals surface area contributed by atoms with E-state index in [0.717, 1.165) is 30.7 Å². The lowest BCUT2D eigenvalue weighted by Crippen LogP contribution is -2.48. The molecule has 33 heavy (non-hydrogen) atoms. The van der Waals surface area contributed by atoms with E-state index in [0.29, 0.717) is 25.6 Å². The number of carbonyl (C=O) groups is 1. The number of methoxy groups -OCH3 is 1. The van der Waals surface area contributed by atoms with Crippen LogP contribution in [0.2, 0.25) is 0 Å². The first-order chi connectivity index (χ1) is 15.9. The minimum absolute atomic E-state index is 0.0815. The predicted molar refractivity (Wildman–Crippen MR) is 133 cm³/mol. The largest absolute Gasteiger partial charge is 0.491 e. The number of fused-ring (bicyclic) bond motifs is 1. The lowest BCUT2D eigenvalue weighted by Gasteiger charge is -2.37. The van der Waals surface area contributed by atoms with E-state index in [2.05, 4.69) is 30.2 Å². The van der Waals surface area contributed by atoms with E-state index in [-0.39, 0.29) is 25.1 Å². The zero-order valence-corrected chi connectivity index (χ0v) is 21.1. The van der Waals surface area contributed by atoms with Gasteiger partial charge in [-0.3, -0.25) is 9.69 Å². The van der Waals surface area contributed by atoms with Gasteiger partial charge in [0, 0.05) is 25.1 Å². The molecule has 0 saturated heterocycles. The molecule has 1 aromatic carbocycles. The number of ether oxygens (including phenoxy) is 2. The Morgan fingerprint density at radius 3 is 2.88 bits per heavy atom. The summed E-state index contributed by atoms with van der Waals surface area (Å²) in [4.78, 5) is 18.9. The Kier molecular flexibility index (Phi) is 9.74. The Bertz CT molecular complexity index is 885. The summed E-state index contributed by atoms with van der Waals surface area (Å²) >= 11 is 1.76. The van der Waals surface area contributed by atoms with E-state index in [9.17, 15) is 9.90 Å². The van der Waals surface area contributed by atoms with Crippen LogP contribution >= 0.6 is 11.3 Å². The van der Waals surface area contributed by atoms with Gasteiger partial charge in [-0.1, -0.05) is 26.0 Å². The number of aryl methyl sites for hydroxylation is 1. The first kappa shape index (κ1) is 25.7. The van der Waals surface area contributed by atoms with Gasteiger partial charge < -0.3 is 19.5 Å². The minimum Gasteiger partial charge on any atom is -0.491 e. The normalized spacial score (nSPS) is 16.8. The first-order valence-electron chi connectivity index (χ1n) is 11.8. The highest BCUT2D eigenvalue weighted by atomic mass is 32.1. The van der Waals surface area contributed by atoms with Crippen molar-refractivity contribution in [1.29, 1.82) is 0 Å². The summed E-state index contributed by atoms with van der Waals surface area (Å²) < 4.78 is 11.2. The second-order valence-electron chi connectivity index (χ2n) is 9.31. The SMILES string of the molecule is COC[C@H](O)CN(CCC(C)C)CC(=O)N1CCc2sccc2[C@H]1COc1cccc(C)c1. The van der Waals surface area contributed by atoms with Gasteiger partial charge in [-0.05, 0) is 66.9 Å². The average molecular weight is 475 g/mol. The molecule has 6 nitrogen and oxygen atoms in total. The topological polar surface area (TPSA) is 62.2 Å². The van der Waals surface area contributed by atoms with Gasteiger partial charge in [0.05, 0.1) is 25.3 Å². The number of hydrogen-bond acceptors (Lipinski definition) is 6. The molecular weight excluding hydrogens is 436 g/mol. The van der Waals surface area contributed by atoms with Gasteiger partial charge in [0.15, 0.2) is 0 Å². The molecule has 0 aliphatic carbocycles. The van der Waals surface area contributed by atoms with Gasteiger partial charge >= 0.3 is 0 Å². The van der Waals surface area contributed by atoms with Gasteiger partial charge in [0.25, 0.3) is 0 Å². The first-order valence-corrected chi connectivity index (χ1v) is 12.7. The van der Waals surface area contributed by atoms with Crippen molar-refractivity contribution >= 4 is 17.2 Å². The highest BCUT2D eigenvalue weighted by Crippen LogP contribution is 2.34. The van der Waals surface area contributed by atoms with E-state index in [1.807, 2.05) is 36.1 Å². The molecule has 0 spiro atoms. The smallest absolute Gasteiger partial charge is 0.237 e. The summed E-state index contributed by atoms with van der Waals surface area (Å²) in [6, 6.07) is 10.0. The number of aliphatic hydroxyl groups is 1. The zero-order valence-electron chi connectivity index (χ0n) is 20.3. The quantitative estimate of drug-likeness (QED) is 0.505. The molecule has 2 aromatic rings. The minimum atomic E-state index is -0.611. The molecule has 1 aromatic heterocycles. The number of benzene rings is 1. The van der Waals surface area contributed by atoms with E-state index in [4.69, 9.17) is 9.47 Å². The number of rotatable bonds is 12. The van der Waals surface area contributed by atoms with Crippen LogP contribution in [0.25, 0.3) is 0 Å². The van der Waals surface area contributed by atoms with Crippen molar-refractivity contribution in [3.63, 3.8) is 0 Å². The molecule has 3 rings (SSSR count). The molecule has 2 heterocycles. The molecule has 0 fully saturated rings. The standard InChI is InChI=1S/C26H38N2O4S/c1-19(2)8-11-27(15-21(29)17-31-4)16-26(30)28-12-9-25-23(10-13-33-25)24(28)18-32-22-7-5-6-20(3)14-22/h5-7,10,13-14,19,21,24,29H,8-9,11-12,15-18H2,1-4H3/t21-,24-/m1/s1. The highest BCUT2D eigenvalue weighted by Gasteiger charge is 2.33. The number of thiophene rings is 1. The Labute approximate surface area is 202 Å². The summed E-state index contributed by atoms with van der Waals surface area (Å²) in [6.07, 6.45) is 1.24. The number of carbonyl (C=O) groups excluding carboxylic acids is 1. The molecule has 1 aliphatic rings. The van der Waals surface area contributed by atoms with Crippen molar-refractivity contribution in [3.8, 4) is 5.75 Å². The molecule has 2 atom stereocenters. The Hall–Kier alpha value is -1.93. The summed E-state index contributed by atoms with van der Waals surface area (Å²) in [7, 11) is 1.58. The number of aliphatic hydroxyl groups excluding tert-OH is 1. The van der Waals surface area contributed by atoms with Crippen LogP contribution in [0.4, 0.5) is 0 Å². The van der Waals surface area contributed by atoms with E-state index < -0.39 is 6.10 Å². The van der Waals surface area contributed by atoms with Gasteiger partial charge in [0.2, 0.25) is 5.91 Å². The molecule has 0 unspecified atom stereocenters. The van der Waals surface area contributed by atoms with Crippen LogP contribution in [-0.2, 0) is 16.0 Å². The third-order valence-corrected chi connectivity index (χ3v) is 7.02. The van der Waals surface area contributed by atoms with Gasteiger partial charge in [0.1, 0.15) is 12.4 Å². The number of nitrogens with zero attached hydrogens (tertiary/aromatic N) is 2. The summed E-state index contributed by atoms with van der Waals surface area (Å²) in [6.45, 7) is 9.25. The van der Waals surface area contributed by atoms with Crippen LogP contribution in [0.15, 0.2) is 35.7 Å². The molecule has 0 bridgehead atoms. The monoisotopic (exact) mass is 474 g/mol. The van der Waals surface area contributed by atoms with Crippen LogP contribution in [0.1, 0.15) is 42.3 Å². The van der Waals surface area contributed by atoms with Gasteiger partial charge in [-0.15, -0.1) is 11.3 Å². The second kappa shape index (κ2) is 12.5. The third-order valence-electron chi connectivity index (χ3n) is 6.02. The fourth-order valence-electron chi connectivity index (χ4n) is 4.26. The zero-order chi connectivity index (χ0) is 23.8. The number of hydrogen-bond donors (Lipinski definition) is 1. The maximum Gasteiger partial charge on any atom is 0.237 e. The van der Waals surface area contributed by atoms with Crippen LogP contribution in [0.5, 0.6) is 5.75 Å². The molecular formula is C26H38N2O4S. The molecule has 0 saturated carbocycles. The highest BCUT2D eigenvalue weighted by molar-refractivity contribution is 7.10. The fraction of sp³-hybridized carbons (Fsp3) is 0.577. The van der Waals surface area contributed by atoms with Crippen molar-refractivity contribution in [2.75, 3.05) is 46.5 Å². The third kappa shape index (κ3) is 7.54. The van der Waals surface area contributed by atoms with Gasteiger partial charge in [-0.25, -0.2) is 0 Å². The fourth-order valence-corrected chi connectivity index (χ4v) is 5.18. The molecule has 1 N–H and O–H groups in total.